The first-order valence-corrected chi connectivity index (χ1v) is 7.22. The highest BCUT2D eigenvalue weighted by molar-refractivity contribution is 9.10. The van der Waals surface area contributed by atoms with Crippen molar-refractivity contribution >= 4 is 21.8 Å². The van der Waals surface area contributed by atoms with E-state index in [-0.39, 0.29) is 12.0 Å². The normalized spacial score (nSPS) is 19.2. The number of carbonyl (C=O) groups is 1. The van der Waals surface area contributed by atoms with Crippen LogP contribution in [0.2, 0.25) is 0 Å². The molecule has 104 valence electrons. The third-order valence-electron chi connectivity index (χ3n) is 3.25. The number of nitrogens with one attached hydrogen (secondary N) is 1. The van der Waals surface area contributed by atoms with Gasteiger partial charge in [0.15, 0.2) is 0 Å². The van der Waals surface area contributed by atoms with Gasteiger partial charge in [-0.3, -0.25) is 4.79 Å². The lowest BCUT2D eigenvalue weighted by Gasteiger charge is -2.28. The van der Waals surface area contributed by atoms with Crippen LogP contribution in [0.1, 0.15) is 15.9 Å². The number of nitrogens with zero attached hydrogens (tertiary/aromatic N) is 1. The topological polar surface area (TPSA) is 41.6 Å². The third kappa shape index (κ3) is 3.55. The van der Waals surface area contributed by atoms with Crippen LogP contribution in [0.5, 0.6) is 0 Å². The molecule has 0 aliphatic carbocycles. The smallest absolute Gasteiger partial charge is 0.254 e. The number of benzene rings is 1. The van der Waals surface area contributed by atoms with Gasteiger partial charge in [0.2, 0.25) is 0 Å². The standard InChI is InChI=1S/C14H19BrN2O2/c1-10-4-3-5-12(13(10)15)14(18)17(2)9-11-8-16-6-7-19-11/h3-5,11,16H,6-9H2,1-2H3. The maximum atomic E-state index is 12.4. The summed E-state index contributed by atoms with van der Waals surface area (Å²) in [7, 11) is 1.81. The van der Waals surface area contributed by atoms with E-state index in [9.17, 15) is 4.79 Å². The van der Waals surface area contributed by atoms with E-state index in [4.69, 9.17) is 4.74 Å². The summed E-state index contributed by atoms with van der Waals surface area (Å²) >= 11 is 3.48. The number of morpholine rings is 1. The Labute approximate surface area is 122 Å². The van der Waals surface area contributed by atoms with Crippen molar-refractivity contribution in [1.82, 2.24) is 10.2 Å². The minimum Gasteiger partial charge on any atom is -0.374 e. The molecular formula is C14H19BrN2O2. The molecule has 1 aliphatic rings. The van der Waals surface area contributed by atoms with Crippen LogP contribution in [-0.2, 0) is 4.74 Å². The quantitative estimate of drug-likeness (QED) is 0.921. The molecular weight excluding hydrogens is 308 g/mol. The number of likely N-dealkylation sites (N-methyl/N-ethyl adjacent to an activating group) is 1. The number of halogens is 1. The average molecular weight is 327 g/mol. The molecule has 1 heterocycles. The molecule has 19 heavy (non-hydrogen) atoms. The van der Waals surface area contributed by atoms with Crippen molar-refractivity contribution < 1.29 is 9.53 Å². The van der Waals surface area contributed by atoms with E-state index >= 15 is 0 Å². The SMILES string of the molecule is Cc1cccc(C(=O)N(C)CC2CNCCO2)c1Br. The molecule has 0 saturated carbocycles. The van der Waals surface area contributed by atoms with Gasteiger partial charge in [-0.2, -0.15) is 0 Å². The Hall–Kier alpha value is -0.910. The van der Waals surface area contributed by atoms with Gasteiger partial charge in [0, 0.05) is 31.2 Å². The molecule has 1 aromatic carbocycles. The predicted octanol–water partition coefficient (Wildman–Crippen LogP) is 1.82. The maximum Gasteiger partial charge on any atom is 0.254 e. The summed E-state index contributed by atoms with van der Waals surface area (Å²) in [5, 5.41) is 3.27. The van der Waals surface area contributed by atoms with Gasteiger partial charge in [-0.25, -0.2) is 0 Å². The lowest BCUT2D eigenvalue weighted by Crippen LogP contribution is -2.45. The first-order valence-electron chi connectivity index (χ1n) is 6.42. The molecule has 4 nitrogen and oxygen atoms in total. The van der Waals surface area contributed by atoms with Gasteiger partial charge in [0.05, 0.1) is 18.3 Å². The number of carbonyl (C=O) groups excluding carboxylic acids is 1. The highest BCUT2D eigenvalue weighted by Crippen LogP contribution is 2.22. The molecule has 1 saturated heterocycles. The van der Waals surface area contributed by atoms with Gasteiger partial charge in [-0.1, -0.05) is 12.1 Å². The van der Waals surface area contributed by atoms with Gasteiger partial charge in [0.25, 0.3) is 5.91 Å². The largest absolute Gasteiger partial charge is 0.374 e. The molecule has 1 atom stereocenters. The zero-order chi connectivity index (χ0) is 13.8. The molecule has 1 unspecified atom stereocenters. The van der Waals surface area contributed by atoms with Crippen LogP contribution >= 0.6 is 15.9 Å². The van der Waals surface area contributed by atoms with Crippen LogP contribution in [0.3, 0.4) is 0 Å². The molecule has 1 aliphatic heterocycles. The maximum absolute atomic E-state index is 12.4. The summed E-state index contributed by atoms with van der Waals surface area (Å²) in [6.07, 6.45) is 0.0753. The van der Waals surface area contributed by atoms with Crippen LogP contribution in [0.4, 0.5) is 0 Å². The molecule has 1 aromatic rings. The molecule has 0 aromatic heterocycles. The summed E-state index contributed by atoms with van der Waals surface area (Å²) in [4.78, 5) is 14.1. The lowest BCUT2D eigenvalue weighted by molar-refractivity contribution is 0.0103. The molecule has 1 N–H and O–H groups in total. The third-order valence-corrected chi connectivity index (χ3v) is 4.30. The van der Waals surface area contributed by atoms with E-state index in [1.54, 1.807) is 4.90 Å². The van der Waals surface area contributed by atoms with Gasteiger partial charge >= 0.3 is 0 Å². The Morgan fingerprint density at radius 1 is 1.58 bits per heavy atom. The second-order valence-corrected chi connectivity index (χ2v) is 5.61. The second kappa shape index (κ2) is 6.50. The number of aryl methyl sites for hydroxylation is 1. The van der Waals surface area contributed by atoms with Crippen molar-refractivity contribution in [2.75, 3.05) is 33.3 Å². The van der Waals surface area contributed by atoms with Crippen molar-refractivity contribution in [1.29, 1.82) is 0 Å². The van der Waals surface area contributed by atoms with Crippen molar-refractivity contribution in [2.45, 2.75) is 13.0 Å². The van der Waals surface area contributed by atoms with Crippen LogP contribution in [0, 0.1) is 6.92 Å². The van der Waals surface area contributed by atoms with E-state index in [2.05, 4.69) is 21.2 Å². The van der Waals surface area contributed by atoms with E-state index in [1.165, 1.54) is 0 Å². The number of rotatable bonds is 3. The zero-order valence-corrected chi connectivity index (χ0v) is 12.9. The summed E-state index contributed by atoms with van der Waals surface area (Å²) in [5.41, 5.74) is 1.76. The van der Waals surface area contributed by atoms with Crippen molar-refractivity contribution in [3.63, 3.8) is 0 Å². The average Bonchev–Trinajstić information content (AvgIpc) is 2.42. The van der Waals surface area contributed by atoms with Gasteiger partial charge in [-0.05, 0) is 34.5 Å². The molecule has 1 fully saturated rings. The number of hydrogen-bond donors (Lipinski definition) is 1. The number of ether oxygens (including phenoxy) is 1. The van der Waals surface area contributed by atoms with Crippen molar-refractivity contribution in [3.8, 4) is 0 Å². The van der Waals surface area contributed by atoms with Gasteiger partial charge in [0.1, 0.15) is 0 Å². The summed E-state index contributed by atoms with van der Waals surface area (Å²) < 4.78 is 6.49. The molecule has 1 amide bonds. The monoisotopic (exact) mass is 326 g/mol. The Morgan fingerprint density at radius 3 is 3.05 bits per heavy atom. The zero-order valence-electron chi connectivity index (χ0n) is 11.3. The Morgan fingerprint density at radius 2 is 2.37 bits per heavy atom. The van der Waals surface area contributed by atoms with Crippen LogP contribution in [0.15, 0.2) is 22.7 Å². The van der Waals surface area contributed by atoms with E-state index in [0.717, 1.165) is 23.1 Å². The van der Waals surface area contributed by atoms with E-state index in [0.29, 0.717) is 18.7 Å². The molecule has 0 spiro atoms. The first-order chi connectivity index (χ1) is 9.09. The van der Waals surface area contributed by atoms with E-state index < -0.39 is 0 Å². The fourth-order valence-corrected chi connectivity index (χ4v) is 2.58. The minimum atomic E-state index is 0.0183. The minimum absolute atomic E-state index is 0.0183. The van der Waals surface area contributed by atoms with Gasteiger partial charge < -0.3 is 15.0 Å². The number of amides is 1. The summed E-state index contributed by atoms with van der Waals surface area (Å²) in [6.45, 7) is 4.98. The molecule has 5 heteroatoms. The molecule has 2 rings (SSSR count). The number of hydrogen-bond acceptors (Lipinski definition) is 3. The van der Waals surface area contributed by atoms with Crippen molar-refractivity contribution in [2.24, 2.45) is 0 Å². The van der Waals surface area contributed by atoms with Crippen LogP contribution in [-0.4, -0.2) is 50.2 Å². The lowest BCUT2D eigenvalue weighted by atomic mass is 10.1. The van der Waals surface area contributed by atoms with Crippen LogP contribution < -0.4 is 5.32 Å². The Balaban J connectivity index is 2.03. The highest BCUT2D eigenvalue weighted by Gasteiger charge is 2.21. The Bertz CT molecular complexity index is 459. The fraction of sp³-hybridized carbons (Fsp3) is 0.500. The Kier molecular flexibility index (Phi) is 4.96. The molecule has 0 bridgehead atoms. The first kappa shape index (κ1) is 14.5. The highest BCUT2D eigenvalue weighted by atomic mass is 79.9. The molecule has 0 radical (unpaired) electrons. The summed E-state index contributed by atoms with van der Waals surface area (Å²) in [5.74, 6) is 0.0183. The summed E-state index contributed by atoms with van der Waals surface area (Å²) in [6, 6.07) is 5.73. The fourth-order valence-electron chi connectivity index (χ4n) is 2.14. The van der Waals surface area contributed by atoms with Crippen LogP contribution in [0.25, 0.3) is 0 Å². The second-order valence-electron chi connectivity index (χ2n) is 4.82. The van der Waals surface area contributed by atoms with Gasteiger partial charge in [-0.15, -0.1) is 0 Å². The predicted molar refractivity (Wildman–Crippen MR) is 78.4 cm³/mol. The van der Waals surface area contributed by atoms with Crippen molar-refractivity contribution in [3.05, 3.63) is 33.8 Å². The van der Waals surface area contributed by atoms with E-state index in [1.807, 2.05) is 32.2 Å².